The van der Waals surface area contributed by atoms with Gasteiger partial charge in [-0.2, -0.15) is 0 Å². The molecule has 4 atom stereocenters. The maximum absolute atomic E-state index is 6.44. The lowest BCUT2D eigenvalue weighted by atomic mass is 9.72. The Labute approximate surface area is 145 Å². The first-order valence-corrected chi connectivity index (χ1v) is 9.20. The van der Waals surface area contributed by atoms with Crippen LogP contribution >= 0.6 is 0 Å². The van der Waals surface area contributed by atoms with Gasteiger partial charge in [0.15, 0.2) is 6.23 Å². The fraction of sp³-hybridized carbons (Fsp3) is 0.455. The Morgan fingerprint density at radius 1 is 1.12 bits per heavy atom. The van der Waals surface area contributed by atoms with Crippen LogP contribution < -0.4 is 0 Å². The van der Waals surface area contributed by atoms with E-state index >= 15 is 0 Å². The van der Waals surface area contributed by atoms with E-state index < -0.39 is 0 Å². The molecule has 4 aliphatic rings. The molecule has 1 aliphatic heterocycles. The second-order valence-electron chi connectivity index (χ2n) is 7.55. The largest absolute Gasteiger partial charge is 0.467 e. The summed E-state index contributed by atoms with van der Waals surface area (Å²) in [7, 11) is 2.11. The molecule has 0 aromatic heterocycles. The number of nitrogens with zero attached hydrogens (tertiary/aromatic N) is 1. The molecular formula is C22H27NO. The molecule has 0 fully saturated rings. The summed E-state index contributed by atoms with van der Waals surface area (Å²) in [5.74, 6) is 2.67. The van der Waals surface area contributed by atoms with Crippen molar-refractivity contribution in [1.82, 2.24) is 4.90 Å². The van der Waals surface area contributed by atoms with Crippen molar-refractivity contribution in [3.63, 3.8) is 0 Å². The Hall–Kier alpha value is -1.96. The molecule has 0 radical (unpaired) electrons. The van der Waals surface area contributed by atoms with E-state index in [9.17, 15) is 0 Å². The van der Waals surface area contributed by atoms with E-state index in [1.807, 2.05) is 0 Å². The van der Waals surface area contributed by atoms with Crippen molar-refractivity contribution < 1.29 is 4.74 Å². The van der Waals surface area contributed by atoms with Crippen molar-refractivity contribution >= 4 is 0 Å². The number of hydrogen-bond acceptors (Lipinski definition) is 2. The van der Waals surface area contributed by atoms with E-state index in [1.54, 1.807) is 5.57 Å². The third-order valence-electron chi connectivity index (χ3n) is 5.59. The molecule has 3 aliphatic carbocycles. The van der Waals surface area contributed by atoms with Crippen molar-refractivity contribution in [3.8, 4) is 0 Å². The van der Waals surface area contributed by atoms with Crippen LogP contribution in [-0.4, -0.2) is 18.2 Å². The van der Waals surface area contributed by atoms with E-state index in [2.05, 4.69) is 74.5 Å². The van der Waals surface area contributed by atoms with Gasteiger partial charge in [-0.1, -0.05) is 43.7 Å². The third kappa shape index (κ3) is 2.68. The average molecular weight is 321 g/mol. The van der Waals surface area contributed by atoms with Crippen LogP contribution in [-0.2, 0) is 4.74 Å². The summed E-state index contributed by atoms with van der Waals surface area (Å²) < 4.78 is 6.44. The molecule has 0 saturated carbocycles. The van der Waals surface area contributed by atoms with Gasteiger partial charge in [0.2, 0.25) is 0 Å². The van der Waals surface area contributed by atoms with Gasteiger partial charge in [0, 0.05) is 24.7 Å². The zero-order valence-corrected chi connectivity index (χ0v) is 14.9. The molecule has 24 heavy (non-hydrogen) atoms. The smallest absolute Gasteiger partial charge is 0.198 e. The zero-order valence-electron chi connectivity index (χ0n) is 14.9. The summed E-state index contributed by atoms with van der Waals surface area (Å²) >= 11 is 0. The number of rotatable bonds is 2. The number of fused-ring (bicyclic) bond motifs is 2. The SMILES string of the molecule is CC1C=C(OC2C3=CC(C)C4C=CCCC4=C3C=CN2C)C=CC1. The van der Waals surface area contributed by atoms with Gasteiger partial charge >= 0.3 is 0 Å². The summed E-state index contributed by atoms with van der Waals surface area (Å²) in [5.41, 5.74) is 4.36. The quantitative estimate of drug-likeness (QED) is 0.656. The van der Waals surface area contributed by atoms with Gasteiger partial charge in [-0.3, -0.25) is 0 Å². The second kappa shape index (κ2) is 6.16. The van der Waals surface area contributed by atoms with E-state index in [1.165, 1.54) is 17.6 Å². The highest BCUT2D eigenvalue weighted by molar-refractivity contribution is 5.53. The Bertz CT molecular complexity index is 703. The summed E-state index contributed by atoms with van der Waals surface area (Å²) in [6.45, 7) is 4.58. The molecule has 1 heterocycles. The molecule has 0 bridgehead atoms. The van der Waals surface area contributed by atoms with Crippen LogP contribution in [0.1, 0.15) is 33.1 Å². The van der Waals surface area contributed by atoms with Gasteiger partial charge in [-0.05, 0) is 54.9 Å². The van der Waals surface area contributed by atoms with Crippen LogP contribution in [0.25, 0.3) is 0 Å². The Morgan fingerprint density at radius 2 is 2.00 bits per heavy atom. The van der Waals surface area contributed by atoms with Crippen LogP contribution in [0.5, 0.6) is 0 Å². The lowest BCUT2D eigenvalue weighted by Gasteiger charge is -2.40. The summed E-state index contributed by atoms with van der Waals surface area (Å²) in [6.07, 6.45) is 21.7. The van der Waals surface area contributed by atoms with E-state index in [0.717, 1.165) is 18.6 Å². The van der Waals surface area contributed by atoms with Gasteiger partial charge < -0.3 is 9.64 Å². The fourth-order valence-electron chi connectivity index (χ4n) is 4.30. The van der Waals surface area contributed by atoms with Gasteiger partial charge in [-0.15, -0.1) is 0 Å². The van der Waals surface area contributed by atoms with Crippen molar-refractivity contribution in [2.75, 3.05) is 7.05 Å². The molecular weight excluding hydrogens is 294 g/mol. The third-order valence-corrected chi connectivity index (χ3v) is 5.59. The Morgan fingerprint density at radius 3 is 2.83 bits per heavy atom. The maximum Gasteiger partial charge on any atom is 0.198 e. The first kappa shape index (κ1) is 15.6. The predicted octanol–water partition coefficient (Wildman–Crippen LogP) is 5.11. The fourth-order valence-corrected chi connectivity index (χ4v) is 4.30. The average Bonchev–Trinajstić information content (AvgIpc) is 2.58. The first-order valence-electron chi connectivity index (χ1n) is 9.20. The van der Waals surface area contributed by atoms with Crippen LogP contribution in [0.3, 0.4) is 0 Å². The summed E-state index contributed by atoms with van der Waals surface area (Å²) in [4.78, 5) is 2.19. The van der Waals surface area contributed by atoms with Crippen molar-refractivity contribution in [1.29, 1.82) is 0 Å². The normalized spacial score (nSPS) is 34.5. The number of allylic oxidation sites excluding steroid dienone is 8. The maximum atomic E-state index is 6.44. The van der Waals surface area contributed by atoms with Crippen LogP contribution in [0.2, 0.25) is 0 Å². The van der Waals surface area contributed by atoms with Crippen molar-refractivity contribution in [2.45, 2.75) is 39.3 Å². The molecule has 4 rings (SSSR count). The highest BCUT2D eigenvalue weighted by atomic mass is 16.5. The predicted molar refractivity (Wildman–Crippen MR) is 98.9 cm³/mol. The standard InChI is InChI=1S/C22H27NO/c1-15-7-6-8-17(13-15)24-22-21-14-16(2)18-9-4-5-10-19(18)20(21)11-12-23(22)3/h4,6,8-9,11-16,18,22H,5,7,10H2,1-3H3. The molecule has 0 spiro atoms. The number of ether oxygens (including phenoxy) is 1. The van der Waals surface area contributed by atoms with Crippen LogP contribution in [0, 0.1) is 17.8 Å². The molecule has 2 heteroatoms. The minimum absolute atomic E-state index is 0.0204. The minimum Gasteiger partial charge on any atom is -0.467 e. The zero-order chi connectivity index (χ0) is 16.7. The number of hydrogen-bond donors (Lipinski definition) is 0. The molecule has 0 N–H and O–H groups in total. The Kier molecular flexibility index (Phi) is 3.99. The van der Waals surface area contributed by atoms with Crippen LogP contribution in [0.4, 0.5) is 0 Å². The molecule has 0 aromatic carbocycles. The van der Waals surface area contributed by atoms with Crippen LogP contribution in [0.15, 0.2) is 71.2 Å². The Balaban J connectivity index is 1.69. The molecule has 2 nitrogen and oxygen atoms in total. The van der Waals surface area contributed by atoms with Gasteiger partial charge in [0.25, 0.3) is 0 Å². The first-order chi connectivity index (χ1) is 11.6. The van der Waals surface area contributed by atoms with Crippen molar-refractivity contribution in [2.24, 2.45) is 17.8 Å². The molecule has 126 valence electrons. The summed E-state index contributed by atoms with van der Waals surface area (Å²) in [6, 6.07) is 0. The topological polar surface area (TPSA) is 12.5 Å². The highest BCUT2D eigenvalue weighted by Gasteiger charge is 2.35. The summed E-state index contributed by atoms with van der Waals surface area (Å²) in [5, 5.41) is 0. The highest BCUT2D eigenvalue weighted by Crippen LogP contribution is 2.43. The van der Waals surface area contributed by atoms with E-state index in [-0.39, 0.29) is 6.23 Å². The van der Waals surface area contributed by atoms with Gasteiger partial charge in [-0.25, -0.2) is 0 Å². The lowest BCUT2D eigenvalue weighted by Crippen LogP contribution is -2.37. The molecule has 0 amide bonds. The monoisotopic (exact) mass is 321 g/mol. The van der Waals surface area contributed by atoms with Gasteiger partial charge in [0.05, 0.1) is 0 Å². The second-order valence-corrected chi connectivity index (χ2v) is 7.55. The number of likely N-dealkylation sites (N-methyl/N-ethyl adjacent to an activating group) is 1. The molecule has 4 unspecified atom stereocenters. The molecule has 0 saturated heterocycles. The van der Waals surface area contributed by atoms with E-state index in [4.69, 9.17) is 4.74 Å². The van der Waals surface area contributed by atoms with Crippen molar-refractivity contribution in [3.05, 3.63) is 71.2 Å². The minimum atomic E-state index is -0.0204. The lowest BCUT2D eigenvalue weighted by molar-refractivity contribution is 0.0506. The van der Waals surface area contributed by atoms with E-state index in [0.29, 0.717) is 17.8 Å². The van der Waals surface area contributed by atoms with Gasteiger partial charge in [0.1, 0.15) is 5.76 Å². The molecule has 0 aromatic rings.